The van der Waals surface area contributed by atoms with Crippen molar-refractivity contribution < 1.29 is 34.1 Å². The van der Waals surface area contributed by atoms with E-state index in [0.717, 1.165) is 27.3 Å². The number of allylic oxidation sites excluding steroid dienone is 2. The minimum absolute atomic E-state index is 0.126. The summed E-state index contributed by atoms with van der Waals surface area (Å²) >= 11 is 0. The van der Waals surface area contributed by atoms with Crippen molar-refractivity contribution in [2.75, 3.05) is 25.2 Å². The van der Waals surface area contributed by atoms with Gasteiger partial charge in [0.25, 0.3) is 11.8 Å². The number of aromatic hydroxyl groups is 1. The van der Waals surface area contributed by atoms with E-state index in [2.05, 4.69) is 11.5 Å². The predicted molar refractivity (Wildman–Crippen MR) is 196 cm³/mol. The first-order valence-electron chi connectivity index (χ1n) is 18.2. The lowest BCUT2D eigenvalue weighted by molar-refractivity contribution is -0.141. The standard InChI is InChI=1S/C43H41N3O7/c1-26-7-13-30(14-8-26)44-46-40(50)36-25-35-33(19-20-34-37(35)41(51)45(39(34)49)22-21-27-9-15-31(48)16-10-27)38(28-11-17-32(18-12-28)53-24-23-47)43(36,42(46)52)29-5-3-2-4-6-29/h2-19,34-38,44,47-48H,20-25H2,1H3/t34-,35+,36-,37-,38-,43+/m0/s1. The first-order valence-corrected chi connectivity index (χ1v) is 18.2. The second-order valence-electron chi connectivity index (χ2n) is 14.5. The van der Waals surface area contributed by atoms with Gasteiger partial charge >= 0.3 is 0 Å². The maximum absolute atomic E-state index is 15.3. The molecule has 270 valence electrons. The number of imide groups is 2. The van der Waals surface area contributed by atoms with Crippen LogP contribution in [0.1, 0.15) is 41.0 Å². The summed E-state index contributed by atoms with van der Waals surface area (Å²) in [6.07, 6.45) is 3.06. The zero-order chi connectivity index (χ0) is 36.9. The molecule has 0 radical (unpaired) electrons. The lowest BCUT2D eigenvalue weighted by Crippen LogP contribution is -2.53. The van der Waals surface area contributed by atoms with Crippen LogP contribution < -0.4 is 10.2 Å². The van der Waals surface area contributed by atoms with E-state index in [-0.39, 0.29) is 55.6 Å². The number of fused-ring (bicyclic) bond motifs is 4. The fourth-order valence-electron chi connectivity index (χ4n) is 9.23. The van der Waals surface area contributed by atoms with Crippen LogP contribution >= 0.6 is 0 Å². The summed E-state index contributed by atoms with van der Waals surface area (Å²) in [6, 6.07) is 31.0. The molecule has 10 nitrogen and oxygen atoms in total. The second-order valence-corrected chi connectivity index (χ2v) is 14.5. The van der Waals surface area contributed by atoms with Gasteiger partial charge in [0.05, 0.1) is 35.5 Å². The van der Waals surface area contributed by atoms with E-state index in [1.807, 2.05) is 73.7 Å². The van der Waals surface area contributed by atoms with Crippen molar-refractivity contribution in [3.05, 3.63) is 137 Å². The number of nitrogens with one attached hydrogen (secondary N) is 1. The van der Waals surface area contributed by atoms with Crippen LogP contribution in [0.2, 0.25) is 0 Å². The Labute approximate surface area is 307 Å². The smallest absolute Gasteiger partial charge is 0.260 e. The number of hydrazine groups is 1. The third-order valence-electron chi connectivity index (χ3n) is 11.6. The molecule has 2 aliphatic carbocycles. The van der Waals surface area contributed by atoms with Gasteiger partial charge in [-0.2, -0.15) is 5.01 Å². The van der Waals surface area contributed by atoms with E-state index in [9.17, 15) is 24.6 Å². The fourth-order valence-corrected chi connectivity index (χ4v) is 9.23. The van der Waals surface area contributed by atoms with E-state index in [1.165, 1.54) is 4.90 Å². The van der Waals surface area contributed by atoms with E-state index in [0.29, 0.717) is 29.8 Å². The van der Waals surface area contributed by atoms with Crippen LogP contribution in [-0.4, -0.2) is 63.5 Å². The van der Waals surface area contributed by atoms with Crippen molar-refractivity contribution in [3.8, 4) is 11.5 Å². The molecule has 4 aliphatic rings. The van der Waals surface area contributed by atoms with Crippen molar-refractivity contribution >= 4 is 29.3 Å². The van der Waals surface area contributed by atoms with Gasteiger partial charge in [-0.1, -0.05) is 83.9 Å². The Morgan fingerprint density at radius 2 is 1.55 bits per heavy atom. The van der Waals surface area contributed by atoms with Gasteiger partial charge in [-0.3, -0.25) is 29.5 Å². The highest BCUT2D eigenvalue weighted by molar-refractivity contribution is 6.13. The van der Waals surface area contributed by atoms with Gasteiger partial charge in [0.15, 0.2) is 0 Å². The number of carbonyl (C=O) groups is 4. The Kier molecular flexibility index (Phi) is 8.86. The highest BCUT2D eigenvalue weighted by Crippen LogP contribution is 2.64. The summed E-state index contributed by atoms with van der Waals surface area (Å²) < 4.78 is 5.68. The molecular formula is C43H41N3O7. The number of anilines is 1. The molecule has 4 aromatic rings. The molecule has 10 heteroatoms. The summed E-state index contributed by atoms with van der Waals surface area (Å²) in [6.45, 7) is 2.16. The molecule has 4 amide bonds. The van der Waals surface area contributed by atoms with Gasteiger partial charge in [0, 0.05) is 12.5 Å². The van der Waals surface area contributed by atoms with Crippen LogP contribution in [0.15, 0.2) is 115 Å². The van der Waals surface area contributed by atoms with Crippen LogP contribution in [0.5, 0.6) is 11.5 Å². The Bertz CT molecular complexity index is 2080. The molecule has 2 saturated heterocycles. The number of aryl methyl sites for hydroxylation is 1. The predicted octanol–water partition coefficient (Wildman–Crippen LogP) is 5.30. The summed E-state index contributed by atoms with van der Waals surface area (Å²) in [5.41, 5.74) is 6.67. The normalized spacial score (nSPS) is 26.2. The SMILES string of the molecule is Cc1ccc(NN2C(=O)[C@@H]3C[C@@H]4C(=CC[C@@H]5C(=O)N(CCc6ccc(O)cc6)C(=O)[C@@H]54)[C@H](c4ccc(OCCO)cc4)[C@]3(c3ccccc3)C2=O)cc1. The fraction of sp³-hybridized carbons (Fsp3) is 0.302. The molecule has 6 atom stereocenters. The monoisotopic (exact) mass is 711 g/mol. The number of rotatable bonds is 10. The van der Waals surface area contributed by atoms with Gasteiger partial charge in [-0.15, -0.1) is 0 Å². The van der Waals surface area contributed by atoms with Gasteiger partial charge < -0.3 is 14.9 Å². The highest BCUT2D eigenvalue weighted by atomic mass is 16.5. The van der Waals surface area contributed by atoms with Crippen LogP contribution in [0.25, 0.3) is 0 Å². The first kappa shape index (κ1) is 34.4. The second kappa shape index (κ2) is 13.7. The van der Waals surface area contributed by atoms with Crippen molar-refractivity contribution in [2.24, 2.45) is 23.7 Å². The maximum atomic E-state index is 15.3. The molecule has 3 fully saturated rings. The zero-order valence-electron chi connectivity index (χ0n) is 29.4. The van der Waals surface area contributed by atoms with E-state index >= 15 is 4.79 Å². The lowest BCUT2D eigenvalue weighted by atomic mass is 9.49. The number of ether oxygens (including phenoxy) is 1. The minimum atomic E-state index is -1.36. The Hall–Kier alpha value is -5.74. The molecule has 53 heavy (non-hydrogen) atoms. The average Bonchev–Trinajstić information content (AvgIpc) is 3.55. The summed E-state index contributed by atoms with van der Waals surface area (Å²) in [5.74, 6) is -3.72. The number of carbonyl (C=O) groups excluding carboxylic acids is 4. The number of phenols is 1. The number of aliphatic hydroxyl groups excluding tert-OH is 1. The van der Waals surface area contributed by atoms with Crippen molar-refractivity contribution in [3.63, 3.8) is 0 Å². The number of likely N-dealkylation sites (tertiary alicyclic amines) is 1. The molecule has 2 heterocycles. The third kappa shape index (κ3) is 5.68. The molecule has 0 aromatic heterocycles. The zero-order valence-corrected chi connectivity index (χ0v) is 29.4. The van der Waals surface area contributed by atoms with Crippen LogP contribution in [0.4, 0.5) is 5.69 Å². The number of phenolic OH excluding ortho intramolecular Hbond substituents is 1. The minimum Gasteiger partial charge on any atom is -0.508 e. The van der Waals surface area contributed by atoms with Gasteiger partial charge in [-0.05, 0) is 85.2 Å². The average molecular weight is 712 g/mol. The summed E-state index contributed by atoms with van der Waals surface area (Å²) in [5, 5.41) is 20.2. The number of benzene rings is 4. The lowest BCUT2D eigenvalue weighted by Gasteiger charge is -2.50. The molecular weight excluding hydrogens is 670 g/mol. The molecule has 0 unspecified atom stereocenters. The molecule has 4 aromatic carbocycles. The molecule has 3 N–H and O–H groups in total. The van der Waals surface area contributed by atoms with Crippen LogP contribution in [0.3, 0.4) is 0 Å². The summed E-state index contributed by atoms with van der Waals surface area (Å²) in [4.78, 5) is 59.8. The van der Waals surface area contributed by atoms with Crippen molar-refractivity contribution in [1.29, 1.82) is 0 Å². The first-order chi connectivity index (χ1) is 25.7. The van der Waals surface area contributed by atoms with Crippen molar-refractivity contribution in [1.82, 2.24) is 9.91 Å². The number of amides is 4. The van der Waals surface area contributed by atoms with E-state index in [4.69, 9.17) is 4.74 Å². The quantitative estimate of drug-likeness (QED) is 0.149. The number of hydrogen-bond donors (Lipinski definition) is 3. The summed E-state index contributed by atoms with van der Waals surface area (Å²) in [7, 11) is 0. The van der Waals surface area contributed by atoms with Crippen LogP contribution in [0, 0.1) is 30.6 Å². The van der Waals surface area contributed by atoms with E-state index < -0.39 is 35.0 Å². The largest absolute Gasteiger partial charge is 0.508 e. The topological polar surface area (TPSA) is 136 Å². The molecule has 2 aliphatic heterocycles. The van der Waals surface area contributed by atoms with Crippen molar-refractivity contribution in [2.45, 2.75) is 37.5 Å². The maximum Gasteiger partial charge on any atom is 0.260 e. The Morgan fingerprint density at radius 3 is 2.25 bits per heavy atom. The van der Waals surface area contributed by atoms with E-state index in [1.54, 1.807) is 36.4 Å². The molecule has 0 spiro atoms. The number of aliphatic hydroxyl groups is 1. The Balaban J connectivity index is 1.23. The number of nitrogens with zero attached hydrogens (tertiary/aromatic N) is 2. The third-order valence-corrected chi connectivity index (χ3v) is 11.6. The number of hydrogen-bond acceptors (Lipinski definition) is 8. The van der Waals surface area contributed by atoms with Gasteiger partial charge in [0.1, 0.15) is 18.1 Å². The van der Waals surface area contributed by atoms with Gasteiger partial charge in [-0.25, -0.2) is 0 Å². The van der Waals surface area contributed by atoms with Gasteiger partial charge in [0.2, 0.25) is 11.8 Å². The molecule has 8 rings (SSSR count). The Morgan fingerprint density at radius 1 is 0.830 bits per heavy atom. The molecule has 0 bridgehead atoms. The molecule has 1 saturated carbocycles. The van der Waals surface area contributed by atoms with Crippen LogP contribution in [-0.2, 0) is 31.0 Å². The highest BCUT2D eigenvalue weighted by Gasteiger charge is 2.70.